The summed E-state index contributed by atoms with van der Waals surface area (Å²) in [6.07, 6.45) is 8.08. The largest absolute Gasteiger partial charge is 0.299 e. The van der Waals surface area contributed by atoms with Gasteiger partial charge in [0.15, 0.2) is 0 Å². The summed E-state index contributed by atoms with van der Waals surface area (Å²) in [6, 6.07) is 3.21. The molecule has 1 saturated carbocycles. The molecule has 0 aromatic heterocycles. The Morgan fingerprint density at radius 3 is 2.41 bits per heavy atom. The second-order valence-electron chi connectivity index (χ2n) is 6.41. The number of hydrogen-bond donors (Lipinski definition) is 0. The molecule has 17 heavy (non-hydrogen) atoms. The van der Waals surface area contributed by atoms with Crippen molar-refractivity contribution in [3.05, 3.63) is 0 Å². The zero-order valence-electron chi connectivity index (χ0n) is 11.4. The first kappa shape index (κ1) is 12.9. The molecule has 0 radical (unpaired) electrons. The average molecular weight is 234 g/mol. The second kappa shape index (κ2) is 5.87. The van der Waals surface area contributed by atoms with E-state index in [1.54, 1.807) is 0 Å². The third-order valence-corrected chi connectivity index (χ3v) is 4.54. The molecule has 0 N–H and O–H groups in total. The fourth-order valence-corrected chi connectivity index (χ4v) is 3.64. The van der Waals surface area contributed by atoms with E-state index in [0.29, 0.717) is 5.92 Å². The summed E-state index contributed by atoms with van der Waals surface area (Å²) < 4.78 is 0. The van der Waals surface area contributed by atoms with Crippen molar-refractivity contribution in [2.24, 2.45) is 17.8 Å². The van der Waals surface area contributed by atoms with Crippen molar-refractivity contribution in [3.63, 3.8) is 0 Å². The van der Waals surface area contributed by atoms with Crippen molar-refractivity contribution in [2.75, 3.05) is 13.1 Å². The van der Waals surface area contributed by atoms with E-state index in [1.807, 2.05) is 0 Å². The number of nitriles is 1. The minimum Gasteiger partial charge on any atom is -0.299 e. The molecule has 1 saturated heterocycles. The Morgan fingerprint density at radius 2 is 1.88 bits per heavy atom. The van der Waals surface area contributed by atoms with Crippen LogP contribution in [-0.2, 0) is 0 Å². The normalized spacial score (nSPS) is 35.1. The molecule has 0 unspecified atom stereocenters. The van der Waals surface area contributed by atoms with Gasteiger partial charge in [0.2, 0.25) is 0 Å². The Labute approximate surface area is 106 Å². The standard InChI is InChI=1S/C15H26N2/c1-12(2)9-13-3-5-15(6-4-13)17-8-7-14(10-16)11-17/h12-15H,3-9,11H2,1-2H3/t13?,14-,15?/m1/s1. The lowest BCUT2D eigenvalue weighted by Gasteiger charge is -2.35. The topological polar surface area (TPSA) is 27.0 Å². The molecule has 2 nitrogen and oxygen atoms in total. The molecule has 96 valence electrons. The van der Waals surface area contributed by atoms with Crippen LogP contribution >= 0.6 is 0 Å². The molecule has 0 spiro atoms. The monoisotopic (exact) mass is 234 g/mol. The number of likely N-dealkylation sites (tertiary alicyclic amines) is 1. The van der Waals surface area contributed by atoms with Gasteiger partial charge in [0, 0.05) is 12.6 Å². The van der Waals surface area contributed by atoms with Crippen LogP contribution in [0.5, 0.6) is 0 Å². The molecule has 0 aromatic carbocycles. The smallest absolute Gasteiger partial charge is 0.0669 e. The van der Waals surface area contributed by atoms with E-state index < -0.39 is 0 Å². The Kier molecular flexibility index (Phi) is 4.45. The molecule has 0 aromatic rings. The summed E-state index contributed by atoms with van der Waals surface area (Å²) in [5, 5.41) is 8.95. The summed E-state index contributed by atoms with van der Waals surface area (Å²) >= 11 is 0. The highest BCUT2D eigenvalue weighted by molar-refractivity contribution is 4.93. The SMILES string of the molecule is CC(C)CC1CCC(N2CC[C@H](C#N)C2)CC1. The van der Waals surface area contributed by atoms with Crippen LogP contribution in [0.15, 0.2) is 0 Å². The first-order valence-corrected chi connectivity index (χ1v) is 7.32. The summed E-state index contributed by atoms with van der Waals surface area (Å²) in [6.45, 7) is 6.88. The Bertz CT molecular complexity index is 271. The van der Waals surface area contributed by atoms with Gasteiger partial charge in [-0.25, -0.2) is 0 Å². The van der Waals surface area contributed by atoms with Gasteiger partial charge < -0.3 is 0 Å². The van der Waals surface area contributed by atoms with Crippen molar-refractivity contribution < 1.29 is 0 Å². The molecule has 2 aliphatic rings. The quantitative estimate of drug-likeness (QED) is 0.748. The highest BCUT2D eigenvalue weighted by Gasteiger charge is 2.31. The van der Waals surface area contributed by atoms with Crippen molar-refractivity contribution in [3.8, 4) is 6.07 Å². The van der Waals surface area contributed by atoms with E-state index in [1.165, 1.54) is 32.1 Å². The Balaban J connectivity index is 1.74. The minimum atomic E-state index is 0.309. The molecular formula is C15H26N2. The zero-order valence-corrected chi connectivity index (χ0v) is 11.4. The van der Waals surface area contributed by atoms with Crippen molar-refractivity contribution in [2.45, 2.75) is 58.4 Å². The highest BCUT2D eigenvalue weighted by atomic mass is 15.2. The van der Waals surface area contributed by atoms with Gasteiger partial charge in [-0.3, -0.25) is 4.90 Å². The number of hydrogen-bond acceptors (Lipinski definition) is 2. The van der Waals surface area contributed by atoms with Crippen LogP contribution < -0.4 is 0 Å². The van der Waals surface area contributed by atoms with Gasteiger partial charge in [-0.2, -0.15) is 5.26 Å². The molecule has 2 rings (SSSR count). The summed E-state index contributed by atoms with van der Waals surface area (Å²) in [5.41, 5.74) is 0. The van der Waals surface area contributed by atoms with Crippen molar-refractivity contribution in [1.29, 1.82) is 5.26 Å². The zero-order chi connectivity index (χ0) is 12.3. The molecule has 1 atom stereocenters. The summed E-state index contributed by atoms with van der Waals surface area (Å²) in [4.78, 5) is 2.58. The summed E-state index contributed by atoms with van der Waals surface area (Å²) in [5.74, 6) is 2.13. The third kappa shape index (κ3) is 3.45. The van der Waals surface area contributed by atoms with E-state index in [9.17, 15) is 0 Å². The van der Waals surface area contributed by atoms with E-state index >= 15 is 0 Å². The Morgan fingerprint density at radius 1 is 1.18 bits per heavy atom. The van der Waals surface area contributed by atoms with E-state index in [-0.39, 0.29) is 0 Å². The van der Waals surface area contributed by atoms with Crippen molar-refractivity contribution >= 4 is 0 Å². The van der Waals surface area contributed by atoms with Crippen LogP contribution in [0.1, 0.15) is 52.4 Å². The molecule has 1 heterocycles. The lowest BCUT2D eigenvalue weighted by Crippen LogP contribution is -2.36. The minimum absolute atomic E-state index is 0.309. The fraction of sp³-hybridized carbons (Fsp3) is 0.933. The van der Waals surface area contributed by atoms with Gasteiger partial charge in [0.1, 0.15) is 0 Å². The van der Waals surface area contributed by atoms with Gasteiger partial charge in [-0.05, 0) is 56.9 Å². The summed E-state index contributed by atoms with van der Waals surface area (Å²) in [7, 11) is 0. The molecule has 1 aliphatic carbocycles. The molecule has 0 amide bonds. The maximum Gasteiger partial charge on any atom is 0.0669 e. The average Bonchev–Trinajstić information content (AvgIpc) is 2.78. The van der Waals surface area contributed by atoms with Crippen LogP contribution in [0, 0.1) is 29.1 Å². The lowest BCUT2D eigenvalue weighted by atomic mass is 9.81. The number of rotatable bonds is 3. The van der Waals surface area contributed by atoms with Crippen LogP contribution in [0.3, 0.4) is 0 Å². The molecule has 1 aliphatic heterocycles. The molecule has 2 fully saturated rings. The number of nitrogens with zero attached hydrogens (tertiary/aromatic N) is 2. The second-order valence-corrected chi connectivity index (χ2v) is 6.41. The third-order valence-electron chi connectivity index (χ3n) is 4.54. The maximum absolute atomic E-state index is 8.95. The van der Waals surface area contributed by atoms with Crippen LogP contribution in [0.4, 0.5) is 0 Å². The van der Waals surface area contributed by atoms with Crippen LogP contribution in [0.2, 0.25) is 0 Å². The fourth-order valence-electron chi connectivity index (χ4n) is 3.64. The highest BCUT2D eigenvalue weighted by Crippen LogP contribution is 2.33. The van der Waals surface area contributed by atoms with E-state index in [4.69, 9.17) is 5.26 Å². The lowest BCUT2D eigenvalue weighted by molar-refractivity contribution is 0.153. The predicted octanol–water partition coefficient (Wildman–Crippen LogP) is 3.44. The van der Waals surface area contributed by atoms with E-state index in [2.05, 4.69) is 24.8 Å². The Hall–Kier alpha value is -0.550. The van der Waals surface area contributed by atoms with Gasteiger partial charge in [0.25, 0.3) is 0 Å². The maximum atomic E-state index is 8.95. The molecular weight excluding hydrogens is 208 g/mol. The predicted molar refractivity (Wildman–Crippen MR) is 70.5 cm³/mol. The van der Waals surface area contributed by atoms with Crippen molar-refractivity contribution in [1.82, 2.24) is 4.90 Å². The molecule has 0 bridgehead atoms. The van der Waals surface area contributed by atoms with Gasteiger partial charge in [-0.15, -0.1) is 0 Å². The van der Waals surface area contributed by atoms with Crippen LogP contribution in [0.25, 0.3) is 0 Å². The molecule has 2 heteroatoms. The van der Waals surface area contributed by atoms with E-state index in [0.717, 1.165) is 37.4 Å². The van der Waals surface area contributed by atoms with Gasteiger partial charge in [0.05, 0.1) is 12.0 Å². The van der Waals surface area contributed by atoms with Crippen LogP contribution in [-0.4, -0.2) is 24.0 Å². The first-order valence-electron chi connectivity index (χ1n) is 7.32. The van der Waals surface area contributed by atoms with Gasteiger partial charge >= 0.3 is 0 Å². The van der Waals surface area contributed by atoms with Gasteiger partial charge in [-0.1, -0.05) is 13.8 Å². The first-order chi connectivity index (χ1) is 8.19.